The molecule has 0 spiro atoms. The summed E-state index contributed by atoms with van der Waals surface area (Å²) >= 11 is 1.23. The van der Waals surface area contributed by atoms with Gasteiger partial charge in [0.25, 0.3) is 5.56 Å². The first-order valence-corrected chi connectivity index (χ1v) is 12.0. The van der Waals surface area contributed by atoms with E-state index in [9.17, 15) is 14.4 Å². The summed E-state index contributed by atoms with van der Waals surface area (Å²) in [6.07, 6.45) is 1.76. The van der Waals surface area contributed by atoms with Crippen LogP contribution in [0.2, 0.25) is 0 Å². The van der Waals surface area contributed by atoms with Crippen LogP contribution in [0.15, 0.2) is 63.5 Å². The van der Waals surface area contributed by atoms with Crippen molar-refractivity contribution in [3.8, 4) is 17.2 Å². The Bertz CT molecular complexity index is 1580. The van der Waals surface area contributed by atoms with Gasteiger partial charge in [-0.3, -0.25) is 14.2 Å². The summed E-state index contributed by atoms with van der Waals surface area (Å²) in [7, 11) is 0. The molecule has 0 N–H and O–H groups in total. The molecule has 2 aliphatic heterocycles. The number of ether oxygens (including phenoxy) is 4. The SMILES string of the molecule is CCOC(=O)C1=C(C)N=c2s/c(=C/c3ccc4c(c3)OCO4)c(=O)n2[C@H]1c1ccc(OC(C)=O)cc1. The van der Waals surface area contributed by atoms with Crippen molar-refractivity contribution in [2.75, 3.05) is 13.4 Å². The predicted molar refractivity (Wildman–Crippen MR) is 131 cm³/mol. The molecule has 0 bridgehead atoms. The van der Waals surface area contributed by atoms with Gasteiger partial charge in [0, 0.05) is 6.92 Å². The van der Waals surface area contributed by atoms with E-state index < -0.39 is 18.0 Å². The van der Waals surface area contributed by atoms with Crippen LogP contribution in [-0.2, 0) is 14.3 Å². The van der Waals surface area contributed by atoms with Gasteiger partial charge in [0.1, 0.15) is 5.75 Å². The van der Waals surface area contributed by atoms with E-state index in [4.69, 9.17) is 18.9 Å². The van der Waals surface area contributed by atoms with E-state index in [1.165, 1.54) is 22.8 Å². The maximum atomic E-state index is 13.7. The van der Waals surface area contributed by atoms with Crippen LogP contribution in [-0.4, -0.2) is 29.9 Å². The zero-order valence-corrected chi connectivity index (χ0v) is 20.6. The summed E-state index contributed by atoms with van der Waals surface area (Å²) in [5, 5.41) is 0. The van der Waals surface area contributed by atoms with Crippen LogP contribution >= 0.6 is 11.3 Å². The number of fused-ring (bicyclic) bond motifs is 2. The number of benzene rings is 2. The summed E-state index contributed by atoms with van der Waals surface area (Å²) in [6.45, 7) is 5.10. The molecule has 36 heavy (non-hydrogen) atoms. The summed E-state index contributed by atoms with van der Waals surface area (Å²) in [4.78, 5) is 43.0. The summed E-state index contributed by atoms with van der Waals surface area (Å²) in [5.74, 6) is 0.642. The van der Waals surface area contributed by atoms with Crippen LogP contribution in [0.25, 0.3) is 6.08 Å². The van der Waals surface area contributed by atoms with Gasteiger partial charge in [0.15, 0.2) is 16.3 Å². The Morgan fingerprint density at radius 2 is 1.92 bits per heavy atom. The largest absolute Gasteiger partial charge is 0.463 e. The summed E-state index contributed by atoms with van der Waals surface area (Å²) in [6, 6.07) is 11.4. The number of rotatable bonds is 5. The molecule has 2 aromatic carbocycles. The molecule has 0 radical (unpaired) electrons. The third-order valence-electron chi connectivity index (χ3n) is 5.67. The molecule has 0 fully saturated rings. The van der Waals surface area contributed by atoms with Gasteiger partial charge in [-0.1, -0.05) is 29.5 Å². The van der Waals surface area contributed by atoms with E-state index in [1.54, 1.807) is 56.3 Å². The number of esters is 2. The van der Waals surface area contributed by atoms with E-state index in [0.717, 1.165) is 5.56 Å². The number of carbonyl (C=O) groups is 2. The number of carbonyl (C=O) groups excluding carboxylic acids is 2. The lowest BCUT2D eigenvalue weighted by Gasteiger charge is -2.24. The van der Waals surface area contributed by atoms with Crippen molar-refractivity contribution in [2.24, 2.45) is 4.99 Å². The molecule has 5 rings (SSSR count). The van der Waals surface area contributed by atoms with Crippen molar-refractivity contribution in [3.63, 3.8) is 0 Å². The van der Waals surface area contributed by atoms with Gasteiger partial charge in [-0.05, 0) is 55.3 Å². The lowest BCUT2D eigenvalue weighted by molar-refractivity contribution is -0.139. The van der Waals surface area contributed by atoms with Crippen LogP contribution in [0, 0.1) is 0 Å². The Morgan fingerprint density at radius 1 is 1.17 bits per heavy atom. The van der Waals surface area contributed by atoms with Crippen molar-refractivity contribution in [1.29, 1.82) is 0 Å². The van der Waals surface area contributed by atoms with E-state index in [1.807, 2.05) is 6.07 Å². The molecule has 2 aliphatic rings. The van der Waals surface area contributed by atoms with E-state index in [0.29, 0.717) is 37.8 Å². The predicted octanol–water partition coefficient (Wildman–Crippen LogP) is 2.45. The quantitative estimate of drug-likeness (QED) is 0.387. The standard InChI is InChI=1S/C26H22N2O7S/c1-4-32-25(31)22-14(2)27-26-28(23(22)17-6-8-18(9-7-17)35-15(3)29)24(30)21(36-26)12-16-5-10-19-20(11-16)34-13-33-19/h5-12,23H,4,13H2,1-3H3/b21-12+/t23-/m0/s1. The molecule has 0 saturated carbocycles. The highest BCUT2D eigenvalue weighted by atomic mass is 32.1. The van der Waals surface area contributed by atoms with Crippen molar-refractivity contribution in [1.82, 2.24) is 4.57 Å². The van der Waals surface area contributed by atoms with Crippen LogP contribution in [0.3, 0.4) is 0 Å². The van der Waals surface area contributed by atoms with Gasteiger partial charge in [0.05, 0.1) is 28.5 Å². The van der Waals surface area contributed by atoms with Crippen molar-refractivity contribution >= 4 is 29.4 Å². The van der Waals surface area contributed by atoms with Crippen LogP contribution in [0.1, 0.15) is 37.9 Å². The van der Waals surface area contributed by atoms with Gasteiger partial charge < -0.3 is 18.9 Å². The molecule has 3 heterocycles. The van der Waals surface area contributed by atoms with Gasteiger partial charge in [0.2, 0.25) is 6.79 Å². The molecule has 184 valence electrons. The average molecular weight is 507 g/mol. The average Bonchev–Trinajstić information content (AvgIpc) is 3.42. The molecule has 0 aliphatic carbocycles. The highest BCUT2D eigenvalue weighted by molar-refractivity contribution is 7.07. The fraction of sp³-hybridized carbons (Fsp3) is 0.231. The normalized spacial score (nSPS) is 16.4. The Balaban J connectivity index is 1.65. The van der Waals surface area contributed by atoms with Gasteiger partial charge in [-0.15, -0.1) is 0 Å². The number of hydrogen-bond donors (Lipinski definition) is 0. The molecular formula is C26H22N2O7S. The topological polar surface area (TPSA) is 105 Å². The minimum absolute atomic E-state index is 0.160. The second kappa shape index (κ2) is 9.46. The van der Waals surface area contributed by atoms with E-state index >= 15 is 0 Å². The molecule has 0 unspecified atom stereocenters. The zero-order valence-electron chi connectivity index (χ0n) is 19.8. The maximum Gasteiger partial charge on any atom is 0.338 e. The first kappa shape index (κ1) is 23.6. The fourth-order valence-electron chi connectivity index (χ4n) is 4.15. The number of aromatic nitrogens is 1. The van der Waals surface area contributed by atoms with Gasteiger partial charge >= 0.3 is 11.9 Å². The Hall–Kier alpha value is -4.18. The molecule has 1 aromatic heterocycles. The van der Waals surface area contributed by atoms with Crippen molar-refractivity contribution in [3.05, 3.63) is 84.5 Å². The highest BCUT2D eigenvalue weighted by Gasteiger charge is 2.33. The second-order valence-electron chi connectivity index (χ2n) is 8.08. The smallest absolute Gasteiger partial charge is 0.338 e. The Kier molecular flexibility index (Phi) is 6.19. The van der Waals surface area contributed by atoms with Crippen LogP contribution < -0.4 is 29.1 Å². The first-order valence-electron chi connectivity index (χ1n) is 11.2. The highest BCUT2D eigenvalue weighted by Crippen LogP contribution is 2.33. The second-order valence-corrected chi connectivity index (χ2v) is 9.09. The Morgan fingerprint density at radius 3 is 2.64 bits per heavy atom. The third-order valence-corrected chi connectivity index (χ3v) is 6.65. The van der Waals surface area contributed by atoms with Crippen LogP contribution in [0.4, 0.5) is 0 Å². The van der Waals surface area contributed by atoms with Crippen LogP contribution in [0.5, 0.6) is 17.2 Å². The maximum absolute atomic E-state index is 13.7. The summed E-state index contributed by atoms with van der Waals surface area (Å²) in [5.41, 5.74) is 1.88. The molecule has 9 nitrogen and oxygen atoms in total. The third kappa shape index (κ3) is 4.31. The monoisotopic (exact) mass is 506 g/mol. The number of allylic oxidation sites excluding steroid dienone is 1. The van der Waals surface area contributed by atoms with Gasteiger partial charge in [-0.2, -0.15) is 0 Å². The molecule has 3 aromatic rings. The summed E-state index contributed by atoms with van der Waals surface area (Å²) < 4.78 is 23.2. The van der Waals surface area contributed by atoms with Crippen molar-refractivity contribution < 1.29 is 28.5 Å². The molecule has 0 saturated heterocycles. The van der Waals surface area contributed by atoms with E-state index in [-0.39, 0.29) is 24.5 Å². The Labute approximate surface area is 209 Å². The zero-order chi connectivity index (χ0) is 25.4. The number of hydrogen-bond acceptors (Lipinski definition) is 9. The lowest BCUT2D eigenvalue weighted by atomic mass is 9.96. The minimum atomic E-state index is -0.759. The number of thiazole rings is 1. The fourth-order valence-corrected chi connectivity index (χ4v) is 5.19. The molecular weight excluding hydrogens is 484 g/mol. The minimum Gasteiger partial charge on any atom is -0.463 e. The van der Waals surface area contributed by atoms with Gasteiger partial charge in [-0.25, -0.2) is 9.79 Å². The number of nitrogens with zero attached hydrogens (tertiary/aromatic N) is 2. The molecule has 0 amide bonds. The lowest BCUT2D eigenvalue weighted by Crippen LogP contribution is -2.39. The van der Waals surface area contributed by atoms with E-state index in [2.05, 4.69) is 4.99 Å². The van der Waals surface area contributed by atoms with Crippen molar-refractivity contribution in [2.45, 2.75) is 26.8 Å². The molecule has 10 heteroatoms. The molecule has 1 atom stereocenters. The first-order chi connectivity index (χ1) is 17.4.